The molecular formula is C11H17F2N3. The second kappa shape index (κ2) is 4.49. The van der Waals surface area contributed by atoms with Crippen LogP contribution in [0.3, 0.4) is 0 Å². The van der Waals surface area contributed by atoms with Crippen molar-refractivity contribution in [2.45, 2.75) is 44.2 Å². The fourth-order valence-electron chi connectivity index (χ4n) is 2.05. The van der Waals surface area contributed by atoms with Crippen LogP contribution in [-0.4, -0.2) is 21.5 Å². The zero-order valence-electron chi connectivity index (χ0n) is 9.42. The molecule has 0 aromatic carbocycles. The molecule has 0 aliphatic heterocycles. The Morgan fingerprint density at radius 2 is 2.19 bits per heavy atom. The number of nitrogens with one attached hydrogen (secondary N) is 1. The molecule has 90 valence electrons. The van der Waals surface area contributed by atoms with Crippen LogP contribution in [0.2, 0.25) is 0 Å². The number of hydrogen-bond acceptors (Lipinski definition) is 2. The first-order valence-corrected chi connectivity index (χ1v) is 5.64. The van der Waals surface area contributed by atoms with Crippen LogP contribution in [0.25, 0.3) is 0 Å². The summed E-state index contributed by atoms with van der Waals surface area (Å²) >= 11 is 0. The molecule has 1 aromatic heterocycles. The molecule has 1 heterocycles. The molecular weight excluding hydrogens is 212 g/mol. The Hall–Kier alpha value is -0.970. The standard InChI is InChI=1S/C11H17F2N3/c1-16-7-6-14-10(16)8-15-9-2-4-11(12,13)5-3-9/h6-7,9,15H,2-5,8H2,1H3. The maximum Gasteiger partial charge on any atom is 0.248 e. The Bertz CT molecular complexity index is 339. The lowest BCUT2D eigenvalue weighted by Gasteiger charge is -2.28. The van der Waals surface area contributed by atoms with E-state index in [0.717, 1.165) is 5.82 Å². The highest BCUT2D eigenvalue weighted by Gasteiger charge is 2.34. The van der Waals surface area contributed by atoms with Crippen LogP contribution in [0, 0.1) is 0 Å². The van der Waals surface area contributed by atoms with E-state index in [1.165, 1.54) is 0 Å². The highest BCUT2D eigenvalue weighted by atomic mass is 19.3. The first-order valence-electron chi connectivity index (χ1n) is 5.64. The fourth-order valence-corrected chi connectivity index (χ4v) is 2.05. The van der Waals surface area contributed by atoms with Gasteiger partial charge in [0.2, 0.25) is 5.92 Å². The molecule has 1 saturated carbocycles. The molecule has 0 atom stereocenters. The first kappa shape index (κ1) is 11.5. The van der Waals surface area contributed by atoms with E-state index in [2.05, 4.69) is 10.3 Å². The van der Waals surface area contributed by atoms with Crippen LogP contribution in [0.5, 0.6) is 0 Å². The quantitative estimate of drug-likeness (QED) is 0.860. The van der Waals surface area contributed by atoms with Gasteiger partial charge in [0.15, 0.2) is 0 Å². The average Bonchev–Trinajstić information content (AvgIpc) is 2.63. The Morgan fingerprint density at radius 3 is 2.75 bits per heavy atom. The van der Waals surface area contributed by atoms with E-state index in [4.69, 9.17) is 0 Å². The maximum absolute atomic E-state index is 12.9. The predicted octanol–water partition coefficient (Wildman–Crippen LogP) is 2.09. The van der Waals surface area contributed by atoms with Gasteiger partial charge in [-0.25, -0.2) is 13.8 Å². The molecule has 0 spiro atoms. The second-order valence-electron chi connectivity index (χ2n) is 4.47. The van der Waals surface area contributed by atoms with Crippen LogP contribution in [0.1, 0.15) is 31.5 Å². The number of alkyl halides is 2. The third-order valence-electron chi connectivity index (χ3n) is 3.19. The van der Waals surface area contributed by atoms with E-state index < -0.39 is 5.92 Å². The zero-order valence-corrected chi connectivity index (χ0v) is 9.42. The number of halogens is 2. The maximum atomic E-state index is 12.9. The lowest BCUT2D eigenvalue weighted by molar-refractivity contribution is -0.0405. The summed E-state index contributed by atoms with van der Waals surface area (Å²) in [6.07, 6.45) is 4.74. The topological polar surface area (TPSA) is 29.9 Å². The highest BCUT2D eigenvalue weighted by molar-refractivity contribution is 4.91. The van der Waals surface area contributed by atoms with Crippen LogP contribution in [0.15, 0.2) is 12.4 Å². The molecule has 0 unspecified atom stereocenters. The van der Waals surface area contributed by atoms with Gasteiger partial charge in [0.05, 0.1) is 6.54 Å². The molecule has 16 heavy (non-hydrogen) atoms. The predicted molar refractivity (Wildman–Crippen MR) is 57.3 cm³/mol. The van der Waals surface area contributed by atoms with E-state index >= 15 is 0 Å². The highest BCUT2D eigenvalue weighted by Crippen LogP contribution is 2.32. The van der Waals surface area contributed by atoms with Crippen LogP contribution in [-0.2, 0) is 13.6 Å². The molecule has 1 aromatic rings. The first-order chi connectivity index (χ1) is 7.57. The zero-order chi connectivity index (χ0) is 11.6. The molecule has 0 saturated heterocycles. The summed E-state index contributed by atoms with van der Waals surface area (Å²) in [5.41, 5.74) is 0. The van der Waals surface area contributed by atoms with Crippen molar-refractivity contribution >= 4 is 0 Å². The van der Waals surface area contributed by atoms with Gasteiger partial charge in [0, 0.05) is 38.3 Å². The molecule has 2 rings (SSSR count). The van der Waals surface area contributed by atoms with E-state index in [1.54, 1.807) is 6.20 Å². The number of hydrogen-bond donors (Lipinski definition) is 1. The van der Waals surface area contributed by atoms with Crippen molar-refractivity contribution in [1.29, 1.82) is 0 Å². The van der Waals surface area contributed by atoms with Gasteiger partial charge in [-0.2, -0.15) is 0 Å². The molecule has 0 radical (unpaired) electrons. The largest absolute Gasteiger partial charge is 0.337 e. The van der Waals surface area contributed by atoms with Crippen molar-refractivity contribution in [3.8, 4) is 0 Å². The van der Waals surface area contributed by atoms with Crippen molar-refractivity contribution in [2.24, 2.45) is 7.05 Å². The summed E-state index contributed by atoms with van der Waals surface area (Å²) in [6.45, 7) is 0.653. The minimum absolute atomic E-state index is 0.00519. The van der Waals surface area contributed by atoms with Gasteiger partial charge >= 0.3 is 0 Å². The summed E-state index contributed by atoms with van der Waals surface area (Å²) in [6, 6.07) is 0.205. The Balaban J connectivity index is 1.78. The molecule has 1 aliphatic carbocycles. The number of rotatable bonds is 3. The molecule has 3 nitrogen and oxygen atoms in total. The Labute approximate surface area is 93.9 Å². The van der Waals surface area contributed by atoms with Gasteiger partial charge in [-0.15, -0.1) is 0 Å². The van der Waals surface area contributed by atoms with Crippen LogP contribution in [0.4, 0.5) is 8.78 Å². The van der Waals surface area contributed by atoms with Crippen molar-refractivity contribution < 1.29 is 8.78 Å². The lowest BCUT2D eigenvalue weighted by Crippen LogP contribution is -2.37. The fraction of sp³-hybridized carbons (Fsp3) is 0.727. The summed E-state index contributed by atoms with van der Waals surface area (Å²) in [5, 5.41) is 3.29. The van der Waals surface area contributed by atoms with Crippen molar-refractivity contribution in [3.05, 3.63) is 18.2 Å². The van der Waals surface area contributed by atoms with E-state index in [-0.39, 0.29) is 18.9 Å². The van der Waals surface area contributed by atoms with Crippen LogP contribution < -0.4 is 5.32 Å². The minimum atomic E-state index is -2.44. The summed E-state index contributed by atoms with van der Waals surface area (Å²) in [4.78, 5) is 4.18. The SMILES string of the molecule is Cn1ccnc1CNC1CCC(F)(F)CC1. The number of aromatic nitrogens is 2. The lowest BCUT2D eigenvalue weighted by atomic mass is 9.92. The molecule has 1 aliphatic rings. The molecule has 5 heteroatoms. The summed E-state index contributed by atoms with van der Waals surface area (Å²) in [5.74, 6) is -1.50. The molecule has 1 N–H and O–H groups in total. The van der Waals surface area contributed by atoms with E-state index in [0.29, 0.717) is 19.4 Å². The third-order valence-corrected chi connectivity index (χ3v) is 3.19. The monoisotopic (exact) mass is 229 g/mol. The van der Waals surface area contributed by atoms with E-state index in [9.17, 15) is 8.78 Å². The Morgan fingerprint density at radius 1 is 1.50 bits per heavy atom. The molecule has 0 amide bonds. The number of nitrogens with zero attached hydrogens (tertiary/aromatic N) is 2. The van der Waals surface area contributed by atoms with E-state index in [1.807, 2.05) is 17.8 Å². The van der Waals surface area contributed by atoms with Gasteiger partial charge < -0.3 is 9.88 Å². The summed E-state index contributed by atoms with van der Waals surface area (Å²) < 4.78 is 27.8. The molecule has 1 fully saturated rings. The number of aryl methyl sites for hydroxylation is 1. The van der Waals surface area contributed by atoms with Crippen molar-refractivity contribution in [1.82, 2.24) is 14.9 Å². The van der Waals surface area contributed by atoms with Gasteiger partial charge in [0.1, 0.15) is 5.82 Å². The minimum Gasteiger partial charge on any atom is -0.337 e. The van der Waals surface area contributed by atoms with Crippen LogP contribution >= 0.6 is 0 Å². The van der Waals surface area contributed by atoms with Gasteiger partial charge in [-0.05, 0) is 12.8 Å². The third kappa shape index (κ3) is 2.78. The van der Waals surface area contributed by atoms with Crippen molar-refractivity contribution in [2.75, 3.05) is 0 Å². The number of imidazole rings is 1. The molecule has 0 bridgehead atoms. The van der Waals surface area contributed by atoms with Gasteiger partial charge in [0.25, 0.3) is 0 Å². The Kier molecular flexibility index (Phi) is 3.23. The van der Waals surface area contributed by atoms with Crippen molar-refractivity contribution in [3.63, 3.8) is 0 Å². The van der Waals surface area contributed by atoms with Gasteiger partial charge in [-0.1, -0.05) is 0 Å². The average molecular weight is 229 g/mol. The smallest absolute Gasteiger partial charge is 0.248 e. The normalized spacial score (nSPS) is 21.2. The summed E-state index contributed by atoms with van der Waals surface area (Å²) in [7, 11) is 1.93. The second-order valence-corrected chi connectivity index (χ2v) is 4.47. The van der Waals surface area contributed by atoms with Gasteiger partial charge in [-0.3, -0.25) is 0 Å².